The van der Waals surface area contributed by atoms with Gasteiger partial charge in [-0.1, -0.05) is 25.4 Å². The van der Waals surface area contributed by atoms with E-state index in [0.717, 1.165) is 27.6 Å². The maximum atomic E-state index is 6.26. The predicted molar refractivity (Wildman–Crippen MR) is 82.5 cm³/mol. The number of halogens is 1. The Balaban J connectivity index is 2.30. The molecule has 0 bridgehead atoms. The zero-order valence-corrected chi connectivity index (χ0v) is 12.7. The van der Waals surface area contributed by atoms with Gasteiger partial charge in [0.1, 0.15) is 11.5 Å². The Morgan fingerprint density at radius 2 is 2.05 bits per heavy atom. The third-order valence-corrected chi connectivity index (χ3v) is 3.48. The Bertz CT molecular complexity index is 594. The van der Waals surface area contributed by atoms with Crippen molar-refractivity contribution in [3.8, 4) is 11.5 Å². The van der Waals surface area contributed by atoms with Crippen LogP contribution in [0, 0.1) is 6.92 Å². The minimum absolute atomic E-state index is 0.350. The molecule has 0 aliphatic rings. The summed E-state index contributed by atoms with van der Waals surface area (Å²) < 4.78 is 5.89. The smallest absolute Gasteiger partial charge is 0.145 e. The van der Waals surface area contributed by atoms with Crippen LogP contribution in [0.2, 0.25) is 5.02 Å². The molecule has 1 aromatic carbocycles. The molecule has 2 aromatic rings. The van der Waals surface area contributed by atoms with Crippen LogP contribution in [0.3, 0.4) is 0 Å². The first-order valence-corrected chi connectivity index (χ1v) is 7.02. The minimum Gasteiger partial charge on any atom is -0.455 e. The highest BCUT2D eigenvalue weighted by Crippen LogP contribution is 2.33. The van der Waals surface area contributed by atoms with Crippen molar-refractivity contribution < 1.29 is 4.74 Å². The Morgan fingerprint density at radius 3 is 2.60 bits per heavy atom. The third kappa shape index (κ3) is 3.30. The number of rotatable bonds is 4. The van der Waals surface area contributed by atoms with Gasteiger partial charge in [-0.2, -0.15) is 0 Å². The molecule has 0 radical (unpaired) electrons. The van der Waals surface area contributed by atoms with E-state index in [1.54, 1.807) is 6.20 Å². The lowest BCUT2D eigenvalue weighted by molar-refractivity contribution is 0.475. The highest BCUT2D eigenvalue weighted by molar-refractivity contribution is 6.31. The number of hydrogen-bond acceptors (Lipinski definition) is 3. The van der Waals surface area contributed by atoms with Gasteiger partial charge >= 0.3 is 0 Å². The van der Waals surface area contributed by atoms with Gasteiger partial charge in [0.15, 0.2) is 0 Å². The number of aromatic nitrogens is 1. The van der Waals surface area contributed by atoms with Crippen molar-refractivity contribution in [2.75, 3.05) is 0 Å². The van der Waals surface area contributed by atoms with Crippen molar-refractivity contribution in [2.24, 2.45) is 5.73 Å². The predicted octanol–water partition coefficient (Wildman–Crippen LogP) is 4.42. The second kappa shape index (κ2) is 6.25. The molecule has 0 saturated carbocycles. The topological polar surface area (TPSA) is 48.1 Å². The maximum Gasteiger partial charge on any atom is 0.145 e. The highest BCUT2D eigenvalue weighted by Gasteiger charge is 2.11. The standard InChI is InChI=1S/C16H19ClN2O/c1-10(2)14-7-16(11(3)6-15(14)17)20-13-5-4-12(8-18)19-9-13/h4-7,9-10H,8,18H2,1-3H3. The fraction of sp³-hybridized carbons (Fsp3) is 0.312. The quantitative estimate of drug-likeness (QED) is 0.907. The molecular formula is C16H19ClN2O. The summed E-state index contributed by atoms with van der Waals surface area (Å²) in [6.45, 7) is 6.63. The second-order valence-corrected chi connectivity index (χ2v) is 5.49. The van der Waals surface area contributed by atoms with Gasteiger partial charge in [-0.05, 0) is 48.2 Å². The summed E-state index contributed by atoms with van der Waals surface area (Å²) in [5, 5.41) is 0.779. The van der Waals surface area contributed by atoms with Crippen molar-refractivity contribution in [2.45, 2.75) is 33.2 Å². The molecule has 1 heterocycles. The molecule has 2 rings (SSSR count). The van der Waals surface area contributed by atoms with Crippen LogP contribution < -0.4 is 10.5 Å². The van der Waals surface area contributed by atoms with Gasteiger partial charge in [0, 0.05) is 11.6 Å². The Kier molecular flexibility index (Phi) is 4.63. The van der Waals surface area contributed by atoms with E-state index in [0.29, 0.717) is 18.2 Å². The van der Waals surface area contributed by atoms with Crippen LogP contribution >= 0.6 is 11.6 Å². The second-order valence-electron chi connectivity index (χ2n) is 5.09. The van der Waals surface area contributed by atoms with Crippen LogP contribution in [0.25, 0.3) is 0 Å². The van der Waals surface area contributed by atoms with Gasteiger partial charge in [0.25, 0.3) is 0 Å². The number of benzene rings is 1. The molecule has 0 fully saturated rings. The third-order valence-electron chi connectivity index (χ3n) is 3.15. The number of aryl methyl sites for hydroxylation is 1. The molecule has 0 amide bonds. The van der Waals surface area contributed by atoms with Gasteiger partial charge < -0.3 is 10.5 Å². The summed E-state index contributed by atoms with van der Waals surface area (Å²) in [6.07, 6.45) is 1.69. The normalized spacial score (nSPS) is 10.9. The van der Waals surface area contributed by atoms with Crippen molar-refractivity contribution >= 4 is 11.6 Å². The number of hydrogen-bond donors (Lipinski definition) is 1. The molecule has 0 spiro atoms. The number of pyridine rings is 1. The summed E-state index contributed by atoms with van der Waals surface area (Å²) in [5.74, 6) is 1.85. The zero-order valence-electron chi connectivity index (χ0n) is 12.0. The van der Waals surface area contributed by atoms with Gasteiger partial charge in [0.2, 0.25) is 0 Å². The fourth-order valence-electron chi connectivity index (χ4n) is 1.94. The Morgan fingerprint density at radius 1 is 1.30 bits per heavy atom. The first-order valence-electron chi connectivity index (χ1n) is 6.64. The molecular weight excluding hydrogens is 272 g/mol. The van der Waals surface area contributed by atoms with Gasteiger partial charge in [-0.15, -0.1) is 0 Å². The van der Waals surface area contributed by atoms with Gasteiger partial charge in [-0.25, -0.2) is 0 Å². The number of nitrogens with two attached hydrogens (primary N) is 1. The van der Waals surface area contributed by atoms with E-state index in [9.17, 15) is 0 Å². The summed E-state index contributed by atoms with van der Waals surface area (Å²) in [5.41, 5.74) is 8.45. The fourth-order valence-corrected chi connectivity index (χ4v) is 2.38. The molecule has 0 unspecified atom stereocenters. The van der Waals surface area contributed by atoms with Crippen LogP contribution in [-0.2, 0) is 6.54 Å². The van der Waals surface area contributed by atoms with Crippen molar-refractivity contribution in [3.05, 3.63) is 52.3 Å². The van der Waals surface area contributed by atoms with Crippen LogP contribution in [0.15, 0.2) is 30.5 Å². The first kappa shape index (κ1) is 14.8. The lowest BCUT2D eigenvalue weighted by Crippen LogP contribution is -1.99. The van der Waals surface area contributed by atoms with E-state index >= 15 is 0 Å². The van der Waals surface area contributed by atoms with Crippen molar-refractivity contribution in [1.82, 2.24) is 4.98 Å². The molecule has 4 heteroatoms. The average molecular weight is 291 g/mol. The van der Waals surface area contributed by atoms with Gasteiger partial charge in [-0.3, -0.25) is 4.98 Å². The van der Waals surface area contributed by atoms with Crippen LogP contribution in [0.4, 0.5) is 0 Å². The van der Waals surface area contributed by atoms with E-state index in [1.807, 2.05) is 31.2 Å². The van der Waals surface area contributed by atoms with Crippen LogP contribution in [0.5, 0.6) is 11.5 Å². The van der Waals surface area contributed by atoms with Crippen molar-refractivity contribution in [3.63, 3.8) is 0 Å². The molecule has 2 N–H and O–H groups in total. The lowest BCUT2D eigenvalue weighted by Gasteiger charge is -2.14. The zero-order chi connectivity index (χ0) is 14.7. The van der Waals surface area contributed by atoms with E-state index in [2.05, 4.69) is 18.8 Å². The summed E-state index contributed by atoms with van der Waals surface area (Å²) >= 11 is 6.26. The van der Waals surface area contributed by atoms with Gasteiger partial charge in [0.05, 0.1) is 11.9 Å². The number of ether oxygens (including phenoxy) is 1. The molecule has 20 heavy (non-hydrogen) atoms. The minimum atomic E-state index is 0.350. The summed E-state index contributed by atoms with van der Waals surface area (Å²) in [7, 11) is 0. The molecule has 0 aliphatic carbocycles. The molecule has 1 aromatic heterocycles. The van der Waals surface area contributed by atoms with Crippen LogP contribution in [0.1, 0.15) is 36.6 Å². The number of nitrogens with zero attached hydrogens (tertiary/aromatic N) is 1. The molecule has 0 aliphatic heterocycles. The first-order chi connectivity index (χ1) is 9.51. The molecule has 106 valence electrons. The van der Waals surface area contributed by atoms with Crippen LogP contribution in [-0.4, -0.2) is 4.98 Å². The SMILES string of the molecule is Cc1cc(Cl)c(C(C)C)cc1Oc1ccc(CN)nc1. The summed E-state index contributed by atoms with van der Waals surface area (Å²) in [4.78, 5) is 4.22. The Labute approximate surface area is 124 Å². The Hall–Kier alpha value is -1.58. The molecule has 0 atom stereocenters. The average Bonchev–Trinajstić information content (AvgIpc) is 2.42. The van der Waals surface area contributed by atoms with Crippen molar-refractivity contribution in [1.29, 1.82) is 0 Å². The van der Waals surface area contributed by atoms with E-state index in [1.165, 1.54) is 0 Å². The van der Waals surface area contributed by atoms with E-state index in [-0.39, 0.29) is 0 Å². The maximum absolute atomic E-state index is 6.26. The monoisotopic (exact) mass is 290 g/mol. The highest BCUT2D eigenvalue weighted by atomic mass is 35.5. The largest absolute Gasteiger partial charge is 0.455 e. The molecule has 0 saturated heterocycles. The van der Waals surface area contributed by atoms with E-state index in [4.69, 9.17) is 22.1 Å². The molecule has 3 nitrogen and oxygen atoms in total. The lowest BCUT2D eigenvalue weighted by atomic mass is 10.0. The van der Waals surface area contributed by atoms with E-state index < -0.39 is 0 Å². The summed E-state index contributed by atoms with van der Waals surface area (Å²) in [6, 6.07) is 7.68.